The molecule has 4 heteroatoms. The average Bonchev–Trinajstić information content (AvgIpc) is 2.75. The van der Waals surface area contributed by atoms with Crippen molar-refractivity contribution in [1.82, 2.24) is 15.1 Å². The Balaban J connectivity index is 1.92. The summed E-state index contributed by atoms with van der Waals surface area (Å²) in [5.41, 5.74) is 4.24. The molecular weight excluding hydrogens is 238 g/mol. The Hall–Kier alpha value is -0.870. The molecule has 0 saturated carbocycles. The molecule has 3 heterocycles. The lowest BCUT2D eigenvalue weighted by molar-refractivity contribution is 0.0849. The van der Waals surface area contributed by atoms with Gasteiger partial charge in [-0.25, -0.2) is 0 Å². The molecule has 1 atom stereocenters. The summed E-state index contributed by atoms with van der Waals surface area (Å²) in [4.78, 5) is 0. The summed E-state index contributed by atoms with van der Waals surface area (Å²) in [5, 5.41) is 8.24. The van der Waals surface area contributed by atoms with Gasteiger partial charge in [0, 0.05) is 38.4 Å². The second-order valence-corrected chi connectivity index (χ2v) is 5.94. The largest absolute Gasteiger partial charge is 0.381 e. The second-order valence-electron chi connectivity index (χ2n) is 5.94. The maximum Gasteiger partial charge on any atom is 0.0631 e. The van der Waals surface area contributed by atoms with Crippen LogP contribution in [-0.4, -0.2) is 36.1 Å². The van der Waals surface area contributed by atoms with Gasteiger partial charge in [0.25, 0.3) is 0 Å². The topological polar surface area (TPSA) is 39.1 Å². The van der Waals surface area contributed by atoms with Crippen LogP contribution < -0.4 is 5.32 Å². The minimum absolute atomic E-state index is 0.637. The van der Waals surface area contributed by atoms with Gasteiger partial charge in [-0.1, -0.05) is 0 Å². The summed E-state index contributed by atoms with van der Waals surface area (Å²) >= 11 is 0. The van der Waals surface area contributed by atoms with E-state index >= 15 is 0 Å². The SMILES string of the molecule is Cc1nn(C)c(C2CCCNC2)c1C1CCOCC1. The Bertz CT molecular complexity index is 390. The quantitative estimate of drug-likeness (QED) is 0.888. The molecule has 2 aliphatic heterocycles. The second kappa shape index (κ2) is 5.63. The Labute approximate surface area is 115 Å². The van der Waals surface area contributed by atoms with Crippen molar-refractivity contribution in [3.63, 3.8) is 0 Å². The lowest BCUT2D eigenvalue weighted by atomic mass is 9.84. The summed E-state index contributed by atoms with van der Waals surface area (Å²) in [7, 11) is 2.11. The lowest BCUT2D eigenvalue weighted by Crippen LogP contribution is -2.30. The molecule has 2 fully saturated rings. The van der Waals surface area contributed by atoms with E-state index < -0.39 is 0 Å². The molecule has 0 bridgehead atoms. The maximum atomic E-state index is 5.51. The first-order chi connectivity index (χ1) is 9.27. The zero-order valence-corrected chi connectivity index (χ0v) is 12.1. The van der Waals surface area contributed by atoms with Gasteiger partial charge in [0.2, 0.25) is 0 Å². The number of nitrogens with zero attached hydrogens (tertiary/aromatic N) is 2. The van der Waals surface area contributed by atoms with Crippen molar-refractivity contribution in [3.05, 3.63) is 17.0 Å². The van der Waals surface area contributed by atoms with E-state index in [0.717, 1.165) is 32.6 Å². The number of rotatable bonds is 2. The van der Waals surface area contributed by atoms with E-state index in [0.29, 0.717) is 11.8 Å². The Morgan fingerprint density at radius 2 is 2.00 bits per heavy atom. The van der Waals surface area contributed by atoms with Crippen LogP contribution in [0.3, 0.4) is 0 Å². The molecule has 0 amide bonds. The number of nitrogens with one attached hydrogen (secondary N) is 1. The number of piperidine rings is 1. The minimum Gasteiger partial charge on any atom is -0.381 e. The maximum absolute atomic E-state index is 5.51. The number of aryl methyl sites for hydroxylation is 2. The lowest BCUT2D eigenvalue weighted by Gasteiger charge is -2.28. The minimum atomic E-state index is 0.637. The summed E-state index contributed by atoms with van der Waals surface area (Å²) in [6.07, 6.45) is 4.88. The zero-order valence-electron chi connectivity index (χ0n) is 12.1. The van der Waals surface area contributed by atoms with Crippen LogP contribution in [0.4, 0.5) is 0 Å². The van der Waals surface area contributed by atoms with E-state index in [1.165, 1.54) is 36.3 Å². The van der Waals surface area contributed by atoms with Gasteiger partial charge in [-0.3, -0.25) is 4.68 Å². The van der Waals surface area contributed by atoms with Crippen molar-refractivity contribution in [3.8, 4) is 0 Å². The first-order valence-corrected chi connectivity index (χ1v) is 7.59. The standard InChI is InChI=1S/C15H25N3O/c1-11-14(12-5-8-19-9-6-12)15(18(2)17-11)13-4-3-7-16-10-13/h12-13,16H,3-10H2,1-2H3. The van der Waals surface area contributed by atoms with Crippen LogP contribution >= 0.6 is 0 Å². The number of hydrogen-bond donors (Lipinski definition) is 1. The smallest absolute Gasteiger partial charge is 0.0631 e. The third kappa shape index (κ3) is 2.56. The molecule has 106 valence electrons. The predicted octanol–water partition coefficient (Wildman–Crippen LogP) is 2.09. The fourth-order valence-electron chi connectivity index (χ4n) is 3.75. The van der Waals surface area contributed by atoms with Crippen LogP contribution in [0.25, 0.3) is 0 Å². The van der Waals surface area contributed by atoms with Crippen LogP contribution in [-0.2, 0) is 11.8 Å². The van der Waals surface area contributed by atoms with Crippen molar-refractivity contribution in [1.29, 1.82) is 0 Å². The van der Waals surface area contributed by atoms with E-state index in [1.54, 1.807) is 0 Å². The van der Waals surface area contributed by atoms with Gasteiger partial charge in [0.05, 0.1) is 5.69 Å². The van der Waals surface area contributed by atoms with Crippen molar-refractivity contribution < 1.29 is 4.74 Å². The summed E-state index contributed by atoms with van der Waals surface area (Å²) in [5.74, 6) is 1.29. The average molecular weight is 263 g/mol. The Morgan fingerprint density at radius 3 is 2.68 bits per heavy atom. The van der Waals surface area contributed by atoms with Crippen molar-refractivity contribution in [2.24, 2.45) is 7.05 Å². The highest BCUT2D eigenvalue weighted by atomic mass is 16.5. The molecule has 0 spiro atoms. The van der Waals surface area contributed by atoms with E-state index in [-0.39, 0.29) is 0 Å². The molecule has 1 aromatic rings. The molecule has 3 rings (SSSR count). The van der Waals surface area contributed by atoms with Crippen LogP contribution in [0.5, 0.6) is 0 Å². The first kappa shape index (κ1) is 13.1. The van der Waals surface area contributed by atoms with E-state index in [1.807, 2.05) is 0 Å². The van der Waals surface area contributed by atoms with E-state index in [4.69, 9.17) is 9.84 Å². The number of aromatic nitrogens is 2. The van der Waals surface area contributed by atoms with Gasteiger partial charge in [-0.05, 0) is 50.6 Å². The van der Waals surface area contributed by atoms with E-state index in [2.05, 4.69) is 24.0 Å². The van der Waals surface area contributed by atoms with Gasteiger partial charge in [0.15, 0.2) is 0 Å². The molecule has 1 aromatic heterocycles. The third-order valence-corrected chi connectivity index (χ3v) is 4.63. The van der Waals surface area contributed by atoms with E-state index in [9.17, 15) is 0 Å². The molecule has 2 saturated heterocycles. The molecule has 0 radical (unpaired) electrons. The molecule has 1 N–H and O–H groups in total. The molecule has 4 nitrogen and oxygen atoms in total. The fraction of sp³-hybridized carbons (Fsp3) is 0.800. The van der Waals surface area contributed by atoms with Gasteiger partial charge in [0.1, 0.15) is 0 Å². The molecule has 0 aromatic carbocycles. The number of hydrogen-bond acceptors (Lipinski definition) is 3. The third-order valence-electron chi connectivity index (χ3n) is 4.63. The normalized spacial score (nSPS) is 25.7. The van der Waals surface area contributed by atoms with Crippen LogP contribution in [0.1, 0.15) is 54.5 Å². The first-order valence-electron chi connectivity index (χ1n) is 7.59. The van der Waals surface area contributed by atoms with Crippen LogP contribution in [0.15, 0.2) is 0 Å². The Morgan fingerprint density at radius 1 is 1.21 bits per heavy atom. The molecule has 2 aliphatic rings. The fourth-order valence-corrected chi connectivity index (χ4v) is 3.75. The highest BCUT2D eigenvalue weighted by Gasteiger charge is 2.29. The van der Waals surface area contributed by atoms with Gasteiger partial charge < -0.3 is 10.1 Å². The molecule has 0 aliphatic carbocycles. The zero-order chi connectivity index (χ0) is 13.2. The van der Waals surface area contributed by atoms with Crippen LogP contribution in [0.2, 0.25) is 0 Å². The van der Waals surface area contributed by atoms with Gasteiger partial charge >= 0.3 is 0 Å². The van der Waals surface area contributed by atoms with Gasteiger partial charge in [-0.2, -0.15) is 5.10 Å². The summed E-state index contributed by atoms with van der Waals surface area (Å²) < 4.78 is 7.65. The monoisotopic (exact) mass is 263 g/mol. The van der Waals surface area contributed by atoms with Crippen LogP contribution in [0, 0.1) is 6.92 Å². The van der Waals surface area contributed by atoms with Crippen molar-refractivity contribution >= 4 is 0 Å². The molecular formula is C15H25N3O. The van der Waals surface area contributed by atoms with Crippen molar-refractivity contribution in [2.45, 2.75) is 44.4 Å². The molecule has 1 unspecified atom stereocenters. The highest BCUT2D eigenvalue weighted by molar-refractivity contribution is 5.33. The van der Waals surface area contributed by atoms with Gasteiger partial charge in [-0.15, -0.1) is 0 Å². The highest BCUT2D eigenvalue weighted by Crippen LogP contribution is 2.36. The number of ether oxygens (including phenoxy) is 1. The van der Waals surface area contributed by atoms with Crippen molar-refractivity contribution in [2.75, 3.05) is 26.3 Å². The molecule has 19 heavy (non-hydrogen) atoms. The summed E-state index contributed by atoms with van der Waals surface area (Å²) in [6, 6.07) is 0. The summed E-state index contributed by atoms with van der Waals surface area (Å²) in [6.45, 7) is 6.25. The Kier molecular flexibility index (Phi) is 3.89. The predicted molar refractivity (Wildman–Crippen MR) is 75.6 cm³/mol.